The van der Waals surface area contributed by atoms with Gasteiger partial charge in [-0.3, -0.25) is 0 Å². The summed E-state index contributed by atoms with van der Waals surface area (Å²) in [4.78, 5) is 0. The van der Waals surface area contributed by atoms with Crippen molar-refractivity contribution in [3.8, 4) is 5.75 Å². The topological polar surface area (TPSA) is 18.5 Å². The summed E-state index contributed by atoms with van der Waals surface area (Å²) in [6, 6.07) is 6.64. The van der Waals surface area contributed by atoms with Gasteiger partial charge in [0.2, 0.25) is 0 Å². The minimum absolute atomic E-state index is 0.0533. The molecule has 3 aliphatic carbocycles. The fraction of sp³-hybridized carbons (Fsp3) is 0.652. The first-order chi connectivity index (χ1) is 11.8. The van der Waals surface area contributed by atoms with Crippen molar-refractivity contribution in [1.29, 1.82) is 0 Å². The molecule has 0 heterocycles. The van der Waals surface area contributed by atoms with E-state index in [-0.39, 0.29) is 5.60 Å². The molecule has 4 atom stereocenters. The summed E-state index contributed by atoms with van der Waals surface area (Å²) in [5.74, 6) is 2.45. The molecule has 2 heteroatoms. The molecule has 0 aliphatic heterocycles. The molecule has 136 valence electrons. The third-order valence-corrected chi connectivity index (χ3v) is 6.81. The molecule has 4 rings (SSSR count). The maximum Gasteiger partial charge on any atom is 0.119 e. The Morgan fingerprint density at radius 1 is 1.12 bits per heavy atom. The van der Waals surface area contributed by atoms with Crippen LogP contribution in [-0.2, 0) is 11.2 Å². The lowest BCUT2D eigenvalue weighted by atomic mass is 9.60. The number of allylic oxidation sites excluding steroid dienone is 2. The second kappa shape index (κ2) is 5.87. The molecular weight excluding hydrogens is 308 g/mol. The van der Waals surface area contributed by atoms with E-state index in [0.29, 0.717) is 17.4 Å². The maximum absolute atomic E-state index is 6.50. The minimum Gasteiger partial charge on any atom is -0.497 e. The molecule has 1 aromatic rings. The molecule has 0 aromatic heterocycles. The van der Waals surface area contributed by atoms with E-state index in [1.54, 1.807) is 12.7 Å². The highest BCUT2D eigenvalue weighted by molar-refractivity contribution is 5.73. The number of ether oxygens (including phenoxy) is 2. The van der Waals surface area contributed by atoms with E-state index >= 15 is 0 Å². The first kappa shape index (κ1) is 17.1. The average Bonchev–Trinajstić information content (AvgIpc) is 2.89. The van der Waals surface area contributed by atoms with Gasteiger partial charge in [-0.2, -0.15) is 0 Å². The Bertz CT molecular complexity index is 697. The molecule has 1 saturated carbocycles. The van der Waals surface area contributed by atoms with Crippen molar-refractivity contribution in [2.75, 3.05) is 7.11 Å². The highest BCUT2D eigenvalue weighted by Gasteiger charge is 2.53. The van der Waals surface area contributed by atoms with Gasteiger partial charge in [0.1, 0.15) is 5.75 Å². The molecule has 25 heavy (non-hydrogen) atoms. The zero-order valence-corrected chi connectivity index (χ0v) is 16.4. The monoisotopic (exact) mass is 340 g/mol. The van der Waals surface area contributed by atoms with Gasteiger partial charge < -0.3 is 9.47 Å². The second-order valence-corrected chi connectivity index (χ2v) is 9.44. The third kappa shape index (κ3) is 2.83. The molecule has 0 saturated heterocycles. The Morgan fingerprint density at radius 3 is 2.64 bits per heavy atom. The van der Waals surface area contributed by atoms with Gasteiger partial charge in [0.15, 0.2) is 0 Å². The van der Waals surface area contributed by atoms with Crippen LogP contribution in [0.5, 0.6) is 5.75 Å². The highest BCUT2D eigenvalue weighted by atomic mass is 16.5. The van der Waals surface area contributed by atoms with Crippen LogP contribution in [0.15, 0.2) is 24.3 Å². The number of rotatable bonds is 2. The maximum atomic E-state index is 6.50. The summed E-state index contributed by atoms with van der Waals surface area (Å²) >= 11 is 0. The fourth-order valence-corrected chi connectivity index (χ4v) is 5.65. The number of fused-ring (bicyclic) bond motifs is 5. The van der Waals surface area contributed by atoms with Gasteiger partial charge in [0.25, 0.3) is 0 Å². The van der Waals surface area contributed by atoms with Crippen LogP contribution < -0.4 is 4.74 Å². The van der Waals surface area contributed by atoms with Crippen LogP contribution in [-0.4, -0.2) is 18.8 Å². The molecule has 2 nitrogen and oxygen atoms in total. The van der Waals surface area contributed by atoms with Crippen molar-refractivity contribution in [2.45, 2.75) is 71.5 Å². The van der Waals surface area contributed by atoms with E-state index in [9.17, 15) is 0 Å². The Kier molecular flexibility index (Phi) is 4.03. The van der Waals surface area contributed by atoms with Crippen LogP contribution >= 0.6 is 0 Å². The van der Waals surface area contributed by atoms with Gasteiger partial charge in [0.05, 0.1) is 18.8 Å². The van der Waals surface area contributed by atoms with Gasteiger partial charge in [0, 0.05) is 5.41 Å². The Hall–Kier alpha value is -1.28. The zero-order valence-electron chi connectivity index (χ0n) is 16.4. The summed E-state index contributed by atoms with van der Waals surface area (Å²) in [5.41, 5.74) is 4.78. The molecular formula is C23H32O2. The normalized spacial score (nSPS) is 34.0. The van der Waals surface area contributed by atoms with E-state index in [2.05, 4.69) is 52.0 Å². The number of hydrogen-bond acceptors (Lipinski definition) is 2. The number of benzene rings is 1. The minimum atomic E-state index is -0.0533. The van der Waals surface area contributed by atoms with Crippen LogP contribution in [0.4, 0.5) is 0 Å². The van der Waals surface area contributed by atoms with Crippen molar-refractivity contribution >= 4 is 5.57 Å². The largest absolute Gasteiger partial charge is 0.497 e. The number of hydrogen-bond donors (Lipinski definition) is 0. The van der Waals surface area contributed by atoms with E-state index < -0.39 is 0 Å². The standard InChI is InChI=1S/C23H32O2/c1-22(2,3)25-21-11-10-20-19-8-6-15-14-16(24-5)7-9-17(15)18(19)12-13-23(20,21)4/h7,9,12,14,19-21H,6,8,10-11,13H2,1-5H3/t19-,20?,21+,23+/m0/s1. The summed E-state index contributed by atoms with van der Waals surface area (Å²) in [5, 5.41) is 0. The van der Waals surface area contributed by atoms with Crippen molar-refractivity contribution in [2.24, 2.45) is 17.3 Å². The molecule has 0 bridgehead atoms. The van der Waals surface area contributed by atoms with Crippen LogP contribution in [0.2, 0.25) is 0 Å². The molecule has 0 spiro atoms. The summed E-state index contributed by atoms with van der Waals surface area (Å²) in [7, 11) is 1.76. The Morgan fingerprint density at radius 2 is 1.92 bits per heavy atom. The van der Waals surface area contributed by atoms with E-state index in [1.165, 1.54) is 36.8 Å². The molecule has 3 aliphatic rings. The summed E-state index contributed by atoms with van der Waals surface area (Å²) in [6.07, 6.45) is 9.05. The van der Waals surface area contributed by atoms with Crippen LogP contribution in [0.25, 0.3) is 5.57 Å². The highest BCUT2D eigenvalue weighted by Crippen LogP contribution is 2.59. The quantitative estimate of drug-likeness (QED) is 0.693. The first-order valence-corrected chi connectivity index (χ1v) is 9.87. The van der Waals surface area contributed by atoms with E-state index in [1.807, 2.05) is 0 Å². The van der Waals surface area contributed by atoms with Gasteiger partial charge in [-0.1, -0.05) is 19.1 Å². The zero-order chi connectivity index (χ0) is 17.8. The second-order valence-electron chi connectivity index (χ2n) is 9.44. The lowest BCUT2D eigenvalue weighted by molar-refractivity contribution is -0.112. The van der Waals surface area contributed by atoms with Crippen LogP contribution in [0, 0.1) is 17.3 Å². The first-order valence-electron chi connectivity index (χ1n) is 9.87. The Labute approximate surface area is 152 Å². The van der Waals surface area contributed by atoms with Crippen molar-refractivity contribution in [3.05, 3.63) is 35.4 Å². The van der Waals surface area contributed by atoms with E-state index in [0.717, 1.165) is 18.1 Å². The molecule has 0 radical (unpaired) electrons. The van der Waals surface area contributed by atoms with Gasteiger partial charge >= 0.3 is 0 Å². The molecule has 0 N–H and O–H groups in total. The van der Waals surface area contributed by atoms with Gasteiger partial charge in [-0.05, 0) is 93.5 Å². The van der Waals surface area contributed by atoms with Crippen LogP contribution in [0.1, 0.15) is 64.5 Å². The summed E-state index contributed by atoms with van der Waals surface area (Å²) in [6.45, 7) is 9.06. The molecule has 1 unspecified atom stereocenters. The lowest BCUT2D eigenvalue weighted by Gasteiger charge is -2.47. The smallest absolute Gasteiger partial charge is 0.119 e. The average molecular weight is 341 g/mol. The van der Waals surface area contributed by atoms with Crippen molar-refractivity contribution in [3.63, 3.8) is 0 Å². The van der Waals surface area contributed by atoms with Gasteiger partial charge in [-0.15, -0.1) is 0 Å². The molecule has 1 aromatic carbocycles. The fourth-order valence-electron chi connectivity index (χ4n) is 5.65. The van der Waals surface area contributed by atoms with E-state index in [4.69, 9.17) is 9.47 Å². The predicted molar refractivity (Wildman–Crippen MR) is 103 cm³/mol. The third-order valence-electron chi connectivity index (χ3n) is 6.81. The SMILES string of the molecule is COc1ccc2c(c1)CC[C@H]1C2=CC[C@]2(C)C1CC[C@H]2OC(C)(C)C. The van der Waals surface area contributed by atoms with Crippen molar-refractivity contribution < 1.29 is 9.47 Å². The predicted octanol–water partition coefficient (Wildman–Crippen LogP) is 5.64. The number of methoxy groups -OCH3 is 1. The summed E-state index contributed by atoms with van der Waals surface area (Å²) < 4.78 is 11.9. The molecule has 0 amide bonds. The Balaban J connectivity index is 1.66. The van der Waals surface area contributed by atoms with Crippen LogP contribution in [0.3, 0.4) is 0 Å². The lowest BCUT2D eigenvalue weighted by Crippen LogP contribution is -2.43. The van der Waals surface area contributed by atoms with Crippen molar-refractivity contribution in [1.82, 2.24) is 0 Å². The molecule has 1 fully saturated rings. The van der Waals surface area contributed by atoms with Gasteiger partial charge in [-0.25, -0.2) is 0 Å². The number of aryl methyl sites for hydroxylation is 1.